The second kappa shape index (κ2) is 9.12. The van der Waals surface area contributed by atoms with Crippen LogP contribution in [0.5, 0.6) is 0 Å². The molecule has 1 aliphatic rings. The van der Waals surface area contributed by atoms with Crippen LogP contribution in [-0.4, -0.2) is 5.78 Å². The molecule has 0 aromatic heterocycles. The van der Waals surface area contributed by atoms with Gasteiger partial charge in [0.05, 0.1) is 0 Å². The van der Waals surface area contributed by atoms with Crippen LogP contribution in [0.3, 0.4) is 0 Å². The molecule has 1 fully saturated rings. The van der Waals surface area contributed by atoms with Gasteiger partial charge in [-0.15, -0.1) is 0 Å². The minimum Gasteiger partial charge on any atom is -0.299 e. The zero-order chi connectivity index (χ0) is 15.8. The highest BCUT2D eigenvalue weighted by atomic mass is 16.1. The zero-order valence-corrected chi connectivity index (χ0v) is 14.4. The normalized spacial score (nSPS) is 22.6. The van der Waals surface area contributed by atoms with Crippen LogP contribution in [0.2, 0.25) is 0 Å². The number of carbonyl (C=O) groups is 1. The largest absolute Gasteiger partial charge is 0.299 e. The monoisotopic (exact) mass is 300 g/mol. The molecule has 1 nitrogen and oxygen atoms in total. The van der Waals surface area contributed by atoms with Gasteiger partial charge < -0.3 is 0 Å². The Morgan fingerprint density at radius 1 is 1.14 bits per heavy atom. The van der Waals surface area contributed by atoms with Gasteiger partial charge in [0.2, 0.25) is 0 Å². The molecule has 0 N–H and O–H groups in total. The summed E-state index contributed by atoms with van der Waals surface area (Å²) < 4.78 is 0. The van der Waals surface area contributed by atoms with Gasteiger partial charge in [-0.2, -0.15) is 0 Å². The molecule has 0 aliphatic heterocycles. The highest BCUT2D eigenvalue weighted by Crippen LogP contribution is 2.36. The van der Waals surface area contributed by atoms with E-state index in [0.717, 1.165) is 30.2 Å². The van der Waals surface area contributed by atoms with E-state index in [2.05, 4.69) is 13.8 Å². The number of hydrogen-bond acceptors (Lipinski definition) is 1. The first-order valence-electron chi connectivity index (χ1n) is 9.23. The Bertz CT molecular complexity index is 436. The van der Waals surface area contributed by atoms with Crippen molar-refractivity contribution in [2.75, 3.05) is 0 Å². The number of hydrogen-bond donors (Lipinski definition) is 0. The van der Waals surface area contributed by atoms with E-state index >= 15 is 0 Å². The fourth-order valence-electron chi connectivity index (χ4n) is 3.80. The minimum absolute atomic E-state index is 0.393. The molecule has 22 heavy (non-hydrogen) atoms. The van der Waals surface area contributed by atoms with Gasteiger partial charge in [-0.1, -0.05) is 76.3 Å². The lowest BCUT2D eigenvalue weighted by molar-refractivity contribution is -0.118. The summed E-state index contributed by atoms with van der Waals surface area (Å²) in [4.78, 5) is 12.1. The van der Waals surface area contributed by atoms with E-state index in [-0.39, 0.29) is 0 Å². The molecule has 0 bridgehead atoms. The second-order valence-electron chi connectivity index (χ2n) is 7.38. The average molecular weight is 300 g/mol. The fraction of sp³-hybridized carbons (Fsp3) is 0.667. The number of ketones is 1. The summed E-state index contributed by atoms with van der Waals surface area (Å²) in [5.74, 6) is 3.05. The van der Waals surface area contributed by atoms with Gasteiger partial charge >= 0.3 is 0 Å². The third-order valence-electron chi connectivity index (χ3n) is 5.45. The summed E-state index contributed by atoms with van der Waals surface area (Å²) in [5, 5.41) is 0. The molecule has 1 aliphatic carbocycles. The van der Waals surface area contributed by atoms with Crippen LogP contribution >= 0.6 is 0 Å². The third-order valence-corrected chi connectivity index (χ3v) is 5.45. The van der Waals surface area contributed by atoms with Crippen LogP contribution < -0.4 is 0 Å². The lowest BCUT2D eigenvalue weighted by Crippen LogP contribution is -2.07. The van der Waals surface area contributed by atoms with E-state index < -0.39 is 0 Å². The summed E-state index contributed by atoms with van der Waals surface area (Å²) in [6.45, 7) is 4.65. The van der Waals surface area contributed by atoms with Crippen LogP contribution in [0.1, 0.15) is 70.8 Å². The van der Waals surface area contributed by atoms with Crippen molar-refractivity contribution < 1.29 is 4.79 Å². The van der Waals surface area contributed by atoms with E-state index in [9.17, 15) is 4.79 Å². The van der Waals surface area contributed by atoms with Crippen molar-refractivity contribution in [1.29, 1.82) is 0 Å². The molecule has 3 unspecified atom stereocenters. The van der Waals surface area contributed by atoms with Crippen LogP contribution in [-0.2, 0) is 11.2 Å². The Labute approximate surface area is 136 Å². The molecular weight excluding hydrogens is 268 g/mol. The average Bonchev–Trinajstić information content (AvgIpc) is 3.00. The predicted octanol–water partition coefficient (Wildman–Crippen LogP) is 5.82. The smallest absolute Gasteiger partial charge is 0.137 e. The van der Waals surface area contributed by atoms with E-state index in [4.69, 9.17) is 0 Å². The lowest BCUT2D eigenvalue weighted by atomic mass is 9.91. The first kappa shape index (κ1) is 17.2. The molecule has 1 saturated carbocycles. The summed E-state index contributed by atoms with van der Waals surface area (Å²) in [7, 11) is 0. The number of carbonyl (C=O) groups excluding carboxylic acids is 1. The van der Waals surface area contributed by atoms with Crippen molar-refractivity contribution in [1.82, 2.24) is 0 Å². The van der Waals surface area contributed by atoms with Crippen molar-refractivity contribution in [3.05, 3.63) is 35.9 Å². The Kier molecular flexibility index (Phi) is 7.15. The Morgan fingerprint density at radius 3 is 2.55 bits per heavy atom. The van der Waals surface area contributed by atoms with Crippen molar-refractivity contribution in [2.24, 2.45) is 17.8 Å². The molecule has 122 valence electrons. The van der Waals surface area contributed by atoms with Crippen molar-refractivity contribution in [3.8, 4) is 0 Å². The molecule has 1 aromatic carbocycles. The van der Waals surface area contributed by atoms with Gasteiger partial charge in [0, 0.05) is 12.8 Å². The molecule has 0 spiro atoms. The maximum atomic E-state index is 12.1. The Hall–Kier alpha value is -1.11. The van der Waals surface area contributed by atoms with Gasteiger partial charge in [-0.05, 0) is 36.2 Å². The van der Waals surface area contributed by atoms with Crippen molar-refractivity contribution in [3.63, 3.8) is 0 Å². The molecule has 2 rings (SSSR count). The first-order chi connectivity index (χ1) is 10.7. The summed E-state index contributed by atoms with van der Waals surface area (Å²) in [5.41, 5.74) is 1.15. The highest BCUT2D eigenvalue weighted by Gasteiger charge is 2.23. The fourth-order valence-corrected chi connectivity index (χ4v) is 3.80. The first-order valence-corrected chi connectivity index (χ1v) is 9.23. The maximum Gasteiger partial charge on any atom is 0.137 e. The standard InChI is InChI=1S/C21H32O/c1-3-18-12-13-20(15-18)11-9-17(2)10-14-21(22)16-19-7-5-4-6-8-19/h4-8,17-18,20H,3,9-16H2,1-2H3. The van der Waals surface area contributed by atoms with Gasteiger partial charge in [0.15, 0.2) is 0 Å². The lowest BCUT2D eigenvalue weighted by Gasteiger charge is -2.15. The number of rotatable bonds is 9. The predicted molar refractivity (Wildman–Crippen MR) is 93.9 cm³/mol. The molecule has 0 heterocycles. The van der Waals surface area contributed by atoms with Crippen LogP contribution in [0.25, 0.3) is 0 Å². The number of Topliss-reactive ketones (excluding diaryl/α,β-unsaturated/α-hetero) is 1. The van der Waals surface area contributed by atoms with E-state index in [1.807, 2.05) is 30.3 Å². The molecule has 0 radical (unpaired) electrons. The Balaban J connectivity index is 1.59. The molecule has 1 aromatic rings. The van der Waals surface area contributed by atoms with E-state index in [0.29, 0.717) is 18.1 Å². The summed E-state index contributed by atoms with van der Waals surface area (Å²) in [6, 6.07) is 10.1. The Morgan fingerprint density at radius 2 is 1.86 bits per heavy atom. The van der Waals surface area contributed by atoms with E-state index in [1.54, 1.807) is 0 Å². The molecule has 0 amide bonds. The molecular formula is C21H32O. The van der Waals surface area contributed by atoms with Crippen molar-refractivity contribution >= 4 is 5.78 Å². The topological polar surface area (TPSA) is 17.1 Å². The summed E-state index contributed by atoms with van der Waals surface area (Å²) in [6.07, 6.45) is 10.8. The van der Waals surface area contributed by atoms with Crippen molar-refractivity contribution in [2.45, 2.75) is 71.6 Å². The quantitative estimate of drug-likeness (QED) is 0.561. The maximum absolute atomic E-state index is 12.1. The van der Waals surface area contributed by atoms with Crippen LogP contribution in [0.15, 0.2) is 30.3 Å². The van der Waals surface area contributed by atoms with Gasteiger partial charge in [-0.3, -0.25) is 4.79 Å². The van der Waals surface area contributed by atoms with E-state index in [1.165, 1.54) is 38.5 Å². The highest BCUT2D eigenvalue weighted by molar-refractivity contribution is 5.80. The van der Waals surface area contributed by atoms with Crippen LogP contribution in [0, 0.1) is 17.8 Å². The molecule has 3 atom stereocenters. The van der Waals surface area contributed by atoms with Gasteiger partial charge in [-0.25, -0.2) is 0 Å². The number of benzene rings is 1. The second-order valence-corrected chi connectivity index (χ2v) is 7.38. The van der Waals surface area contributed by atoms with Gasteiger partial charge in [0.25, 0.3) is 0 Å². The SMILES string of the molecule is CCC1CCC(CCC(C)CCC(=O)Cc2ccccc2)C1. The third kappa shape index (κ3) is 5.94. The molecule has 0 saturated heterocycles. The molecule has 1 heteroatoms. The zero-order valence-electron chi connectivity index (χ0n) is 14.4. The van der Waals surface area contributed by atoms with Crippen LogP contribution in [0.4, 0.5) is 0 Å². The minimum atomic E-state index is 0.393. The van der Waals surface area contributed by atoms with Gasteiger partial charge in [0.1, 0.15) is 5.78 Å². The summed E-state index contributed by atoms with van der Waals surface area (Å²) >= 11 is 0.